The summed E-state index contributed by atoms with van der Waals surface area (Å²) >= 11 is 0. The van der Waals surface area contributed by atoms with Gasteiger partial charge in [0.05, 0.1) is 19.4 Å². The highest BCUT2D eigenvalue weighted by Crippen LogP contribution is 2.18. The molecule has 4 rings (SSSR count). The number of hydrazone groups is 1. The minimum absolute atomic E-state index is 0.0139. The van der Waals surface area contributed by atoms with Crippen LogP contribution in [-0.2, 0) is 13.6 Å². The molecule has 36 heavy (non-hydrogen) atoms. The summed E-state index contributed by atoms with van der Waals surface area (Å²) in [5.41, 5.74) is 4.56. The van der Waals surface area contributed by atoms with E-state index < -0.39 is 17.4 Å². The van der Waals surface area contributed by atoms with E-state index in [1.165, 1.54) is 16.2 Å². The second-order valence-corrected chi connectivity index (χ2v) is 8.35. The summed E-state index contributed by atoms with van der Waals surface area (Å²) < 4.78 is 13.6. The van der Waals surface area contributed by atoms with E-state index in [0.717, 1.165) is 16.9 Å². The lowest BCUT2D eigenvalue weighted by Gasteiger charge is -2.15. The molecule has 2 heterocycles. The van der Waals surface area contributed by atoms with Crippen LogP contribution in [-0.4, -0.2) is 49.7 Å². The van der Waals surface area contributed by atoms with Crippen LogP contribution >= 0.6 is 0 Å². The van der Waals surface area contributed by atoms with E-state index in [-0.39, 0.29) is 30.3 Å². The molecule has 0 amide bonds. The summed E-state index contributed by atoms with van der Waals surface area (Å²) in [6.07, 6.45) is -0.979. The molecule has 2 aromatic carbocycles. The molecule has 3 N–H and O–H groups in total. The third-order valence-electron chi connectivity index (χ3n) is 5.70. The van der Waals surface area contributed by atoms with Crippen molar-refractivity contribution in [2.75, 3.05) is 19.1 Å². The molecule has 0 spiro atoms. The number of benzene rings is 2. The lowest BCUT2D eigenvalue weighted by atomic mass is 10.1. The fourth-order valence-corrected chi connectivity index (χ4v) is 3.62. The molecule has 0 radical (unpaired) electrons. The van der Waals surface area contributed by atoms with Crippen LogP contribution in [0.2, 0.25) is 0 Å². The molecule has 0 aliphatic heterocycles. The molecule has 1 atom stereocenters. The molecule has 4 aromatic rings. The van der Waals surface area contributed by atoms with Crippen molar-refractivity contribution in [3.63, 3.8) is 0 Å². The predicted octanol–water partition coefficient (Wildman–Crippen LogP) is 2.02. The van der Waals surface area contributed by atoms with Crippen LogP contribution < -0.4 is 26.1 Å². The van der Waals surface area contributed by atoms with Crippen LogP contribution in [0.15, 0.2) is 63.2 Å². The number of imidazole rings is 1. The van der Waals surface area contributed by atoms with E-state index in [9.17, 15) is 14.7 Å². The number of hydrogen-bond donors (Lipinski definition) is 3. The summed E-state index contributed by atoms with van der Waals surface area (Å²) in [4.78, 5) is 31.5. The zero-order chi connectivity index (χ0) is 25.8. The van der Waals surface area contributed by atoms with Crippen LogP contribution in [0.1, 0.15) is 18.1 Å². The molecule has 0 aliphatic carbocycles. The van der Waals surface area contributed by atoms with Crippen molar-refractivity contribution in [2.45, 2.75) is 26.5 Å². The van der Waals surface area contributed by atoms with Crippen molar-refractivity contribution in [3.05, 3.63) is 80.5 Å². The molecular formula is C25H28N6O5. The standard InChI is InChI=1S/C25H28N6O5/c1-15-5-9-20(10-6-15)36-14-18(32)13-31-21-22(30(3)25(34)27-23(21)33)26-24(31)29-28-16(2)17-7-11-19(35-4)12-8-17/h5-12,18,32H,13-14H2,1-4H3,(H,26,29)(H,27,33,34). The highest BCUT2D eigenvalue weighted by molar-refractivity contribution is 5.99. The fourth-order valence-electron chi connectivity index (χ4n) is 3.62. The summed E-state index contributed by atoms with van der Waals surface area (Å²) in [7, 11) is 3.10. The van der Waals surface area contributed by atoms with Crippen LogP contribution in [0.5, 0.6) is 11.5 Å². The number of nitrogens with zero attached hydrogens (tertiary/aromatic N) is 4. The topological polar surface area (TPSA) is 136 Å². The van der Waals surface area contributed by atoms with Gasteiger partial charge in [-0.1, -0.05) is 17.7 Å². The molecule has 11 nitrogen and oxygen atoms in total. The van der Waals surface area contributed by atoms with Crippen molar-refractivity contribution in [1.82, 2.24) is 19.1 Å². The van der Waals surface area contributed by atoms with Crippen molar-refractivity contribution >= 4 is 22.8 Å². The van der Waals surface area contributed by atoms with Gasteiger partial charge < -0.3 is 19.1 Å². The molecule has 0 saturated heterocycles. The average Bonchev–Trinajstić information content (AvgIpc) is 3.24. The molecule has 188 valence electrons. The lowest BCUT2D eigenvalue weighted by Crippen LogP contribution is -2.30. The quantitative estimate of drug-likeness (QED) is 0.240. The highest BCUT2D eigenvalue weighted by atomic mass is 16.5. The number of hydrogen-bond acceptors (Lipinski definition) is 8. The first-order chi connectivity index (χ1) is 17.3. The number of aromatic nitrogens is 4. The fraction of sp³-hybridized carbons (Fsp3) is 0.280. The maximum Gasteiger partial charge on any atom is 0.329 e. The molecule has 2 aromatic heterocycles. The summed E-state index contributed by atoms with van der Waals surface area (Å²) in [6.45, 7) is 3.75. The number of methoxy groups -OCH3 is 1. The number of aromatic amines is 1. The maximum atomic E-state index is 12.7. The number of anilines is 1. The SMILES string of the molecule is COc1ccc(C(C)=NNc2nc3c(c(=O)[nH]c(=O)n3C)n2CC(O)COc2ccc(C)cc2)cc1. The summed E-state index contributed by atoms with van der Waals surface area (Å²) in [6, 6.07) is 14.8. The van der Waals surface area contributed by atoms with E-state index in [1.54, 1.807) is 7.11 Å². The zero-order valence-electron chi connectivity index (χ0n) is 20.5. The number of aliphatic hydroxyl groups excluding tert-OH is 1. The Bertz CT molecular complexity index is 1500. The third-order valence-corrected chi connectivity index (χ3v) is 5.70. The number of nitrogens with one attached hydrogen (secondary N) is 2. The Kier molecular flexibility index (Phi) is 7.20. The van der Waals surface area contributed by atoms with Gasteiger partial charge in [0, 0.05) is 7.05 Å². The van der Waals surface area contributed by atoms with Gasteiger partial charge >= 0.3 is 5.69 Å². The Balaban J connectivity index is 1.63. The minimum Gasteiger partial charge on any atom is -0.497 e. The normalized spacial score (nSPS) is 12.5. The Labute approximate surface area is 206 Å². The molecule has 0 bridgehead atoms. The highest BCUT2D eigenvalue weighted by Gasteiger charge is 2.20. The summed E-state index contributed by atoms with van der Waals surface area (Å²) in [5, 5.41) is 15.1. The Morgan fingerprint density at radius 2 is 1.81 bits per heavy atom. The van der Waals surface area contributed by atoms with E-state index in [4.69, 9.17) is 9.47 Å². The molecule has 0 aliphatic rings. The van der Waals surface area contributed by atoms with Gasteiger partial charge in [0.2, 0.25) is 5.95 Å². The second kappa shape index (κ2) is 10.5. The van der Waals surface area contributed by atoms with Crippen molar-refractivity contribution in [1.29, 1.82) is 0 Å². The summed E-state index contributed by atoms with van der Waals surface area (Å²) in [5.74, 6) is 1.54. The number of aryl methyl sites for hydroxylation is 2. The van der Waals surface area contributed by atoms with Gasteiger partial charge in [0.15, 0.2) is 11.2 Å². The van der Waals surface area contributed by atoms with Crippen LogP contribution in [0.3, 0.4) is 0 Å². The van der Waals surface area contributed by atoms with E-state index in [1.807, 2.05) is 62.4 Å². The lowest BCUT2D eigenvalue weighted by molar-refractivity contribution is 0.0938. The molecule has 0 saturated carbocycles. The van der Waals surface area contributed by atoms with Crippen molar-refractivity contribution < 1.29 is 14.6 Å². The Hall–Kier alpha value is -4.38. The van der Waals surface area contributed by atoms with Gasteiger partial charge in [-0.3, -0.25) is 14.3 Å². The first-order valence-corrected chi connectivity index (χ1v) is 11.3. The second-order valence-electron chi connectivity index (χ2n) is 8.35. The number of rotatable bonds is 9. The first kappa shape index (κ1) is 24.7. The smallest absolute Gasteiger partial charge is 0.329 e. The first-order valence-electron chi connectivity index (χ1n) is 11.3. The largest absolute Gasteiger partial charge is 0.497 e. The van der Waals surface area contributed by atoms with Crippen molar-refractivity contribution in [2.24, 2.45) is 12.1 Å². The molecular weight excluding hydrogens is 464 g/mol. The van der Waals surface area contributed by atoms with Gasteiger partial charge in [-0.2, -0.15) is 10.1 Å². The van der Waals surface area contributed by atoms with E-state index >= 15 is 0 Å². The van der Waals surface area contributed by atoms with Gasteiger partial charge in [-0.05, 0) is 55.8 Å². The predicted molar refractivity (Wildman–Crippen MR) is 137 cm³/mol. The maximum absolute atomic E-state index is 12.7. The number of ether oxygens (including phenoxy) is 2. The average molecular weight is 493 g/mol. The van der Waals surface area contributed by atoms with Crippen molar-refractivity contribution in [3.8, 4) is 11.5 Å². The van der Waals surface area contributed by atoms with Crippen LogP contribution in [0.25, 0.3) is 11.2 Å². The zero-order valence-corrected chi connectivity index (χ0v) is 20.5. The van der Waals surface area contributed by atoms with Crippen LogP contribution in [0.4, 0.5) is 5.95 Å². The number of fused-ring (bicyclic) bond motifs is 1. The molecule has 11 heteroatoms. The Morgan fingerprint density at radius 1 is 1.14 bits per heavy atom. The van der Waals surface area contributed by atoms with E-state index in [2.05, 4.69) is 20.5 Å². The van der Waals surface area contributed by atoms with Gasteiger partial charge in [-0.25, -0.2) is 10.2 Å². The third kappa shape index (κ3) is 5.31. The monoisotopic (exact) mass is 492 g/mol. The molecule has 0 fully saturated rings. The number of H-pyrrole nitrogens is 1. The van der Waals surface area contributed by atoms with Gasteiger partial charge in [0.1, 0.15) is 24.2 Å². The molecule has 1 unspecified atom stereocenters. The van der Waals surface area contributed by atoms with Gasteiger partial charge in [-0.15, -0.1) is 0 Å². The number of aliphatic hydroxyl groups is 1. The van der Waals surface area contributed by atoms with Crippen LogP contribution in [0, 0.1) is 6.92 Å². The van der Waals surface area contributed by atoms with E-state index in [0.29, 0.717) is 11.5 Å². The minimum atomic E-state index is -0.979. The van der Waals surface area contributed by atoms with Gasteiger partial charge in [0.25, 0.3) is 5.56 Å². The Morgan fingerprint density at radius 3 is 2.47 bits per heavy atom.